The average molecular weight is 295 g/mol. The van der Waals surface area contributed by atoms with Crippen molar-refractivity contribution in [2.24, 2.45) is 0 Å². The molecule has 0 amide bonds. The van der Waals surface area contributed by atoms with Gasteiger partial charge in [-0.05, 0) is 50.9 Å². The highest BCUT2D eigenvalue weighted by atomic mass is 32.2. The van der Waals surface area contributed by atoms with Crippen LogP contribution < -0.4 is 5.32 Å². The lowest BCUT2D eigenvalue weighted by Crippen LogP contribution is -2.42. The monoisotopic (exact) mass is 295 g/mol. The molecule has 3 nitrogen and oxygen atoms in total. The summed E-state index contributed by atoms with van der Waals surface area (Å²) in [6.45, 7) is 3.83. The van der Waals surface area contributed by atoms with Crippen molar-refractivity contribution in [3.63, 3.8) is 0 Å². The fourth-order valence-corrected chi connectivity index (χ4v) is 5.53. The van der Waals surface area contributed by atoms with Crippen LogP contribution in [0.15, 0.2) is 23.1 Å². The Morgan fingerprint density at radius 2 is 1.80 bits per heavy atom. The zero-order valence-electron chi connectivity index (χ0n) is 12.6. The van der Waals surface area contributed by atoms with Gasteiger partial charge in [0.05, 0.1) is 10.1 Å². The van der Waals surface area contributed by atoms with Gasteiger partial charge in [0.2, 0.25) is 0 Å². The highest BCUT2D eigenvalue weighted by molar-refractivity contribution is 7.92. The van der Waals surface area contributed by atoms with E-state index in [-0.39, 0.29) is 11.3 Å². The number of nitrogens with one attached hydrogen (secondary N) is 1. The van der Waals surface area contributed by atoms with E-state index in [1.165, 1.54) is 0 Å². The van der Waals surface area contributed by atoms with Gasteiger partial charge in [0.1, 0.15) is 0 Å². The molecule has 1 saturated carbocycles. The Hall–Kier alpha value is -0.870. The minimum Gasteiger partial charge on any atom is -0.316 e. The van der Waals surface area contributed by atoms with Crippen molar-refractivity contribution in [2.45, 2.75) is 62.1 Å². The standard InChI is InChI=1S/C16H25NO2S/c1-12-9-10-13(2)16(11-12)20(18,19)15-8-6-4-5-7-14(15)17-3/h9-11,14-15,17H,4-8H2,1-3H3. The molecule has 2 rings (SSSR count). The van der Waals surface area contributed by atoms with Crippen molar-refractivity contribution >= 4 is 9.84 Å². The summed E-state index contributed by atoms with van der Waals surface area (Å²) >= 11 is 0. The number of aryl methyl sites for hydroxylation is 2. The first-order valence-corrected chi connectivity index (χ1v) is 9.00. The lowest BCUT2D eigenvalue weighted by atomic mass is 10.1. The molecule has 1 aliphatic rings. The van der Waals surface area contributed by atoms with Crippen LogP contribution in [0.4, 0.5) is 0 Å². The summed E-state index contributed by atoms with van der Waals surface area (Å²) in [5, 5.41) is 2.93. The van der Waals surface area contributed by atoms with E-state index in [2.05, 4.69) is 5.32 Å². The van der Waals surface area contributed by atoms with Gasteiger partial charge >= 0.3 is 0 Å². The van der Waals surface area contributed by atoms with Gasteiger partial charge in [0.25, 0.3) is 0 Å². The minimum absolute atomic E-state index is 0.0717. The molecule has 112 valence electrons. The van der Waals surface area contributed by atoms with Gasteiger partial charge in [-0.25, -0.2) is 8.42 Å². The van der Waals surface area contributed by atoms with Gasteiger partial charge in [-0.1, -0.05) is 31.4 Å². The molecule has 1 fully saturated rings. The molecule has 0 radical (unpaired) electrons. The quantitative estimate of drug-likeness (QED) is 0.872. The summed E-state index contributed by atoms with van der Waals surface area (Å²) in [7, 11) is -1.39. The molecule has 1 aromatic carbocycles. The number of hydrogen-bond acceptors (Lipinski definition) is 3. The van der Waals surface area contributed by atoms with Crippen LogP contribution in [0.1, 0.15) is 43.2 Å². The minimum atomic E-state index is -3.26. The third-order valence-electron chi connectivity index (χ3n) is 4.37. The molecule has 2 atom stereocenters. The largest absolute Gasteiger partial charge is 0.316 e. The lowest BCUT2D eigenvalue weighted by Gasteiger charge is -2.25. The third kappa shape index (κ3) is 3.07. The Kier molecular flexibility index (Phi) is 4.86. The first kappa shape index (κ1) is 15.5. The molecule has 4 heteroatoms. The number of rotatable bonds is 3. The van der Waals surface area contributed by atoms with Crippen molar-refractivity contribution < 1.29 is 8.42 Å². The normalized spacial score (nSPS) is 24.4. The lowest BCUT2D eigenvalue weighted by molar-refractivity contribution is 0.480. The smallest absolute Gasteiger partial charge is 0.183 e. The van der Waals surface area contributed by atoms with Gasteiger partial charge in [0, 0.05) is 6.04 Å². The summed E-state index contributed by atoms with van der Waals surface area (Å²) < 4.78 is 26.1. The van der Waals surface area contributed by atoms with Crippen LogP contribution in [0.25, 0.3) is 0 Å². The van der Waals surface area contributed by atoms with Gasteiger partial charge in [-0.15, -0.1) is 0 Å². The molecule has 1 aliphatic carbocycles. The summed E-state index contributed by atoms with van der Waals surface area (Å²) in [5.74, 6) is 0. The maximum absolute atomic E-state index is 13.0. The predicted molar refractivity (Wildman–Crippen MR) is 82.8 cm³/mol. The first-order chi connectivity index (χ1) is 9.46. The van der Waals surface area contributed by atoms with Crippen molar-refractivity contribution in [3.8, 4) is 0 Å². The Morgan fingerprint density at radius 3 is 2.50 bits per heavy atom. The van der Waals surface area contributed by atoms with E-state index in [1.807, 2.05) is 39.1 Å². The highest BCUT2D eigenvalue weighted by Crippen LogP contribution is 2.30. The summed E-state index contributed by atoms with van der Waals surface area (Å²) in [5.41, 5.74) is 1.86. The Bertz CT molecular complexity index is 566. The Morgan fingerprint density at radius 1 is 1.10 bits per heavy atom. The van der Waals surface area contributed by atoms with Crippen LogP contribution in [0.5, 0.6) is 0 Å². The fourth-order valence-electron chi connectivity index (χ4n) is 3.15. The zero-order valence-corrected chi connectivity index (χ0v) is 13.5. The number of hydrogen-bond donors (Lipinski definition) is 1. The van der Waals surface area contributed by atoms with E-state index in [0.717, 1.165) is 43.2 Å². The van der Waals surface area contributed by atoms with Crippen LogP contribution in [-0.4, -0.2) is 26.8 Å². The van der Waals surface area contributed by atoms with Crippen molar-refractivity contribution in [1.29, 1.82) is 0 Å². The zero-order chi connectivity index (χ0) is 14.8. The van der Waals surface area contributed by atoms with Crippen LogP contribution in [0, 0.1) is 13.8 Å². The van der Waals surface area contributed by atoms with E-state index < -0.39 is 9.84 Å². The Balaban J connectivity index is 2.44. The molecule has 0 bridgehead atoms. The fraction of sp³-hybridized carbons (Fsp3) is 0.625. The first-order valence-electron chi connectivity index (χ1n) is 7.45. The van der Waals surface area contributed by atoms with Crippen LogP contribution in [0.3, 0.4) is 0 Å². The van der Waals surface area contributed by atoms with E-state index in [1.54, 1.807) is 0 Å². The summed E-state index contributed by atoms with van der Waals surface area (Å²) in [4.78, 5) is 0.518. The van der Waals surface area contributed by atoms with Gasteiger partial charge < -0.3 is 5.32 Å². The van der Waals surface area contributed by atoms with E-state index >= 15 is 0 Å². The second kappa shape index (κ2) is 6.27. The van der Waals surface area contributed by atoms with E-state index in [0.29, 0.717) is 4.90 Å². The molecule has 0 heterocycles. The highest BCUT2D eigenvalue weighted by Gasteiger charge is 2.35. The van der Waals surface area contributed by atoms with Crippen molar-refractivity contribution in [2.75, 3.05) is 7.05 Å². The summed E-state index contributed by atoms with van der Waals surface area (Å²) in [6.07, 6.45) is 4.97. The third-order valence-corrected chi connectivity index (χ3v) is 6.79. The number of benzene rings is 1. The van der Waals surface area contributed by atoms with Crippen LogP contribution in [0.2, 0.25) is 0 Å². The number of sulfone groups is 1. The second-order valence-electron chi connectivity index (χ2n) is 5.89. The predicted octanol–water partition coefficient (Wildman–Crippen LogP) is 3.00. The van der Waals surface area contributed by atoms with Crippen molar-refractivity contribution in [3.05, 3.63) is 29.3 Å². The SMILES string of the molecule is CNC1CCCCCC1S(=O)(=O)c1cc(C)ccc1C. The molecule has 20 heavy (non-hydrogen) atoms. The van der Waals surface area contributed by atoms with E-state index in [9.17, 15) is 8.42 Å². The average Bonchev–Trinajstić information content (AvgIpc) is 2.66. The molecule has 0 saturated heterocycles. The molecule has 0 aromatic heterocycles. The van der Waals surface area contributed by atoms with Crippen molar-refractivity contribution in [1.82, 2.24) is 5.32 Å². The maximum Gasteiger partial charge on any atom is 0.183 e. The van der Waals surface area contributed by atoms with Gasteiger partial charge in [-0.3, -0.25) is 0 Å². The second-order valence-corrected chi connectivity index (χ2v) is 8.02. The summed E-state index contributed by atoms with van der Waals surface area (Å²) in [6, 6.07) is 5.77. The van der Waals surface area contributed by atoms with Gasteiger partial charge in [-0.2, -0.15) is 0 Å². The molecule has 1 aromatic rings. The van der Waals surface area contributed by atoms with E-state index in [4.69, 9.17) is 0 Å². The molecular formula is C16H25NO2S. The van der Waals surface area contributed by atoms with Gasteiger partial charge in [0.15, 0.2) is 9.84 Å². The van der Waals surface area contributed by atoms with Crippen LogP contribution in [-0.2, 0) is 9.84 Å². The molecule has 0 aliphatic heterocycles. The topological polar surface area (TPSA) is 46.2 Å². The molecular weight excluding hydrogens is 270 g/mol. The Labute approximate surface area is 122 Å². The van der Waals surface area contributed by atoms with Crippen LogP contribution >= 0.6 is 0 Å². The maximum atomic E-state index is 13.0. The molecule has 0 spiro atoms. The molecule has 2 unspecified atom stereocenters. The molecule has 1 N–H and O–H groups in total.